The Bertz CT molecular complexity index is 2540. The largest absolute Gasteiger partial charge is 0.309 e. The lowest BCUT2D eigenvalue weighted by Gasteiger charge is -2.39. The molecule has 5 nitrogen and oxygen atoms in total. The number of hydrogen-bond acceptors (Lipinski definition) is 3. The van der Waals surface area contributed by atoms with Gasteiger partial charge in [0.1, 0.15) is 0 Å². The van der Waals surface area contributed by atoms with Crippen molar-refractivity contribution in [2.24, 2.45) is 0 Å². The smallest absolute Gasteiger partial charge is 0.0864 e. The predicted molar refractivity (Wildman–Crippen MR) is 206 cm³/mol. The van der Waals surface area contributed by atoms with Crippen molar-refractivity contribution < 1.29 is 0 Å². The second kappa shape index (κ2) is 11.9. The number of nitrogens with zero attached hydrogens (tertiary/aromatic N) is 2. The third kappa shape index (κ3) is 4.75. The van der Waals surface area contributed by atoms with Gasteiger partial charge in [-0.2, -0.15) is 0 Å². The van der Waals surface area contributed by atoms with E-state index in [4.69, 9.17) is 0 Å². The first-order valence-corrected chi connectivity index (χ1v) is 17.3. The Kier molecular flexibility index (Phi) is 6.88. The van der Waals surface area contributed by atoms with Gasteiger partial charge in [0.2, 0.25) is 0 Å². The van der Waals surface area contributed by atoms with Crippen molar-refractivity contribution >= 4 is 43.6 Å². The molecular formula is C45H35N5. The van der Waals surface area contributed by atoms with Crippen molar-refractivity contribution in [1.29, 1.82) is 0 Å². The standard InChI is InChI=1S/C45H35N5/c1-3-13-30(14-4-1)43-46-44(31-15-5-2-6-16-31)48-45(47-43)32-23-25-33(26-24-32)49-41-22-12-9-19-37(41)38-29-34(27-28-42(38)49)50-39-20-10-7-17-35(39)36-18-8-11-21-40(36)50/h1-29,43-48H. The highest BCUT2D eigenvalue weighted by atomic mass is 15.4. The average molecular weight is 646 g/mol. The van der Waals surface area contributed by atoms with Crippen LogP contribution >= 0.6 is 0 Å². The zero-order valence-electron chi connectivity index (χ0n) is 27.4. The van der Waals surface area contributed by atoms with E-state index < -0.39 is 0 Å². The summed E-state index contributed by atoms with van der Waals surface area (Å²) in [5, 5.41) is 16.4. The number of rotatable bonds is 5. The Morgan fingerprint density at radius 1 is 0.300 bits per heavy atom. The summed E-state index contributed by atoms with van der Waals surface area (Å²) in [6.07, 6.45) is -0.0607. The van der Waals surface area contributed by atoms with Gasteiger partial charge in [0.25, 0.3) is 0 Å². The van der Waals surface area contributed by atoms with Crippen LogP contribution in [-0.2, 0) is 0 Å². The molecule has 0 spiro atoms. The third-order valence-corrected chi connectivity index (χ3v) is 10.2. The van der Waals surface area contributed by atoms with Crippen molar-refractivity contribution in [3.63, 3.8) is 0 Å². The molecule has 3 heterocycles. The molecule has 3 N–H and O–H groups in total. The second-order valence-electron chi connectivity index (χ2n) is 13.1. The fraction of sp³-hybridized carbons (Fsp3) is 0.0667. The lowest BCUT2D eigenvalue weighted by atomic mass is 10.0. The monoisotopic (exact) mass is 645 g/mol. The summed E-state index contributed by atoms with van der Waals surface area (Å²) in [6, 6.07) is 63.3. The lowest BCUT2D eigenvalue weighted by molar-refractivity contribution is 0.203. The minimum atomic E-state index is -0.0485. The van der Waals surface area contributed by atoms with Crippen LogP contribution in [0, 0.1) is 0 Å². The highest BCUT2D eigenvalue weighted by molar-refractivity contribution is 6.12. The Hall–Kier alpha value is -5.98. The van der Waals surface area contributed by atoms with E-state index in [0.717, 1.165) is 11.4 Å². The molecule has 2 atom stereocenters. The molecule has 9 aromatic rings. The first kappa shape index (κ1) is 29.0. The van der Waals surface area contributed by atoms with Crippen LogP contribution in [0.25, 0.3) is 55.0 Å². The summed E-state index contributed by atoms with van der Waals surface area (Å²) in [6.45, 7) is 0. The van der Waals surface area contributed by atoms with Gasteiger partial charge in [-0.15, -0.1) is 0 Å². The minimum absolute atomic E-state index is 0.00611. The number of nitrogens with one attached hydrogen (secondary N) is 3. The second-order valence-corrected chi connectivity index (χ2v) is 13.1. The molecule has 7 aromatic carbocycles. The third-order valence-electron chi connectivity index (χ3n) is 10.2. The fourth-order valence-corrected chi connectivity index (χ4v) is 7.91. The minimum Gasteiger partial charge on any atom is -0.309 e. The number of fused-ring (bicyclic) bond motifs is 6. The molecule has 1 aliphatic heterocycles. The van der Waals surface area contributed by atoms with E-state index in [1.54, 1.807) is 0 Å². The van der Waals surface area contributed by atoms with Gasteiger partial charge < -0.3 is 9.13 Å². The SMILES string of the molecule is c1ccc(C2NC(c3ccccc3)NC(c3ccc(-n4c5ccccc5c5cc(-n6c7ccccc7c7ccccc76)ccc54)cc3)N2)cc1. The van der Waals surface area contributed by atoms with Gasteiger partial charge in [-0.3, -0.25) is 16.0 Å². The van der Waals surface area contributed by atoms with Crippen molar-refractivity contribution in [3.8, 4) is 11.4 Å². The molecule has 1 saturated heterocycles. The van der Waals surface area contributed by atoms with E-state index in [1.165, 1.54) is 60.3 Å². The maximum atomic E-state index is 3.81. The van der Waals surface area contributed by atoms with E-state index in [1.807, 2.05) is 0 Å². The maximum Gasteiger partial charge on any atom is 0.0864 e. The molecule has 5 heteroatoms. The highest BCUT2D eigenvalue weighted by Crippen LogP contribution is 2.37. The highest BCUT2D eigenvalue weighted by Gasteiger charge is 2.29. The molecule has 0 bridgehead atoms. The van der Waals surface area contributed by atoms with Gasteiger partial charge in [-0.1, -0.05) is 127 Å². The van der Waals surface area contributed by atoms with Crippen LogP contribution in [0.15, 0.2) is 176 Å². The Morgan fingerprint density at radius 3 is 1.16 bits per heavy atom. The molecule has 240 valence electrons. The molecule has 0 radical (unpaired) electrons. The molecule has 0 saturated carbocycles. The Morgan fingerprint density at radius 2 is 0.660 bits per heavy atom. The van der Waals surface area contributed by atoms with Gasteiger partial charge >= 0.3 is 0 Å². The van der Waals surface area contributed by atoms with E-state index >= 15 is 0 Å². The molecule has 2 unspecified atom stereocenters. The zero-order valence-corrected chi connectivity index (χ0v) is 27.4. The van der Waals surface area contributed by atoms with E-state index in [0.29, 0.717) is 0 Å². The average Bonchev–Trinajstić information content (AvgIpc) is 3.71. The maximum absolute atomic E-state index is 3.81. The van der Waals surface area contributed by atoms with Crippen LogP contribution in [0.3, 0.4) is 0 Å². The summed E-state index contributed by atoms with van der Waals surface area (Å²) in [5.74, 6) is 0. The number of benzene rings is 7. The first-order valence-electron chi connectivity index (χ1n) is 17.3. The van der Waals surface area contributed by atoms with Crippen molar-refractivity contribution in [1.82, 2.24) is 25.1 Å². The van der Waals surface area contributed by atoms with Crippen molar-refractivity contribution in [2.75, 3.05) is 0 Å². The molecular weight excluding hydrogens is 611 g/mol. The van der Waals surface area contributed by atoms with Gasteiger partial charge in [0.15, 0.2) is 0 Å². The predicted octanol–water partition coefficient (Wildman–Crippen LogP) is 10.1. The summed E-state index contributed by atoms with van der Waals surface area (Å²) >= 11 is 0. The lowest BCUT2D eigenvalue weighted by Crippen LogP contribution is -2.54. The Labute approximate surface area is 290 Å². The summed E-state index contributed by atoms with van der Waals surface area (Å²) < 4.78 is 4.79. The summed E-state index contributed by atoms with van der Waals surface area (Å²) in [4.78, 5) is 0. The van der Waals surface area contributed by atoms with Crippen LogP contribution in [-0.4, -0.2) is 9.13 Å². The van der Waals surface area contributed by atoms with E-state index in [9.17, 15) is 0 Å². The van der Waals surface area contributed by atoms with Crippen LogP contribution in [0.1, 0.15) is 35.2 Å². The molecule has 0 amide bonds. The molecule has 1 fully saturated rings. The van der Waals surface area contributed by atoms with Gasteiger partial charge in [0, 0.05) is 32.9 Å². The normalized spacial score (nSPS) is 18.0. The van der Waals surface area contributed by atoms with Gasteiger partial charge in [-0.25, -0.2) is 0 Å². The van der Waals surface area contributed by atoms with Crippen LogP contribution < -0.4 is 16.0 Å². The quantitative estimate of drug-likeness (QED) is 0.175. The first-order chi connectivity index (χ1) is 24.8. The van der Waals surface area contributed by atoms with Crippen molar-refractivity contribution in [3.05, 3.63) is 193 Å². The Balaban J connectivity index is 1.05. The van der Waals surface area contributed by atoms with Crippen molar-refractivity contribution in [2.45, 2.75) is 18.5 Å². The number of aromatic nitrogens is 2. The van der Waals surface area contributed by atoms with E-state index in [2.05, 4.69) is 201 Å². The fourth-order valence-electron chi connectivity index (χ4n) is 7.91. The van der Waals surface area contributed by atoms with Gasteiger partial charge in [-0.05, 0) is 65.2 Å². The number of hydrogen-bond donors (Lipinski definition) is 3. The summed E-state index contributed by atoms with van der Waals surface area (Å²) in [5.41, 5.74) is 10.7. The molecule has 1 aliphatic rings. The summed E-state index contributed by atoms with van der Waals surface area (Å²) in [7, 11) is 0. The zero-order chi connectivity index (χ0) is 33.0. The van der Waals surface area contributed by atoms with Gasteiger partial charge in [0.05, 0.1) is 40.6 Å². The topological polar surface area (TPSA) is 46.0 Å². The van der Waals surface area contributed by atoms with Crippen LogP contribution in [0.4, 0.5) is 0 Å². The molecule has 0 aliphatic carbocycles. The van der Waals surface area contributed by atoms with Crippen LogP contribution in [0.5, 0.6) is 0 Å². The van der Waals surface area contributed by atoms with E-state index in [-0.39, 0.29) is 18.5 Å². The number of para-hydroxylation sites is 3. The van der Waals surface area contributed by atoms with Crippen LogP contribution in [0.2, 0.25) is 0 Å². The molecule has 2 aromatic heterocycles. The molecule has 50 heavy (non-hydrogen) atoms. The molecule has 10 rings (SSSR count).